The Labute approximate surface area is 140 Å². The average Bonchev–Trinajstić information content (AvgIpc) is 3.02. The zero-order chi connectivity index (χ0) is 17.5. The van der Waals surface area contributed by atoms with Gasteiger partial charge in [-0.2, -0.15) is 4.98 Å². The number of ether oxygens (including phenoxy) is 1. The molecule has 0 saturated carbocycles. The Morgan fingerprint density at radius 2 is 1.96 bits per heavy atom. The SMILES string of the molecule is CC(=O)NCCc1ccc(C(=O)OCc2nc(C(C)C)no2)cc1. The molecule has 2 rings (SSSR count). The third kappa shape index (κ3) is 5.19. The lowest BCUT2D eigenvalue weighted by molar-refractivity contribution is -0.118. The van der Waals surface area contributed by atoms with E-state index in [1.54, 1.807) is 12.1 Å². The normalized spacial score (nSPS) is 10.7. The molecular weight excluding hydrogens is 310 g/mol. The van der Waals surface area contributed by atoms with E-state index in [0.29, 0.717) is 24.4 Å². The highest BCUT2D eigenvalue weighted by atomic mass is 16.6. The first-order valence-electron chi connectivity index (χ1n) is 7.78. The molecule has 128 valence electrons. The van der Waals surface area contributed by atoms with Crippen molar-refractivity contribution in [3.05, 3.63) is 47.1 Å². The van der Waals surface area contributed by atoms with Crippen molar-refractivity contribution in [2.75, 3.05) is 6.54 Å². The minimum atomic E-state index is -0.451. The smallest absolute Gasteiger partial charge is 0.338 e. The molecule has 7 nitrogen and oxygen atoms in total. The van der Waals surface area contributed by atoms with Crippen LogP contribution in [0.1, 0.15) is 54.3 Å². The largest absolute Gasteiger partial charge is 0.452 e. The number of hydrogen-bond donors (Lipinski definition) is 1. The first kappa shape index (κ1) is 17.7. The number of aromatic nitrogens is 2. The van der Waals surface area contributed by atoms with E-state index in [1.807, 2.05) is 26.0 Å². The molecule has 0 bridgehead atoms. The number of benzene rings is 1. The van der Waals surface area contributed by atoms with Crippen molar-refractivity contribution in [2.45, 2.75) is 39.7 Å². The maximum absolute atomic E-state index is 12.0. The second kappa shape index (κ2) is 8.24. The Balaban J connectivity index is 1.84. The molecule has 0 spiro atoms. The van der Waals surface area contributed by atoms with E-state index in [2.05, 4.69) is 15.5 Å². The monoisotopic (exact) mass is 331 g/mol. The third-order valence-corrected chi connectivity index (χ3v) is 3.30. The predicted octanol–water partition coefficient (Wildman–Crippen LogP) is 2.23. The Morgan fingerprint density at radius 1 is 1.25 bits per heavy atom. The highest BCUT2D eigenvalue weighted by Gasteiger charge is 2.13. The molecule has 2 aromatic rings. The molecular formula is C17H21N3O4. The number of rotatable bonds is 7. The summed E-state index contributed by atoms with van der Waals surface area (Å²) in [5.74, 6) is 0.511. The molecule has 0 unspecified atom stereocenters. The summed E-state index contributed by atoms with van der Waals surface area (Å²) in [6, 6.07) is 7.06. The second-order valence-electron chi connectivity index (χ2n) is 5.71. The van der Waals surface area contributed by atoms with Crippen LogP contribution in [0, 0.1) is 0 Å². The van der Waals surface area contributed by atoms with Crippen LogP contribution in [0.4, 0.5) is 0 Å². The lowest BCUT2D eigenvalue weighted by Gasteiger charge is -2.05. The van der Waals surface area contributed by atoms with E-state index < -0.39 is 5.97 Å². The molecule has 0 saturated heterocycles. The lowest BCUT2D eigenvalue weighted by Crippen LogP contribution is -2.22. The van der Waals surface area contributed by atoms with E-state index in [1.165, 1.54) is 6.92 Å². The van der Waals surface area contributed by atoms with Crippen LogP contribution in [0.3, 0.4) is 0 Å². The van der Waals surface area contributed by atoms with Gasteiger partial charge in [0.05, 0.1) is 5.56 Å². The van der Waals surface area contributed by atoms with Crippen molar-refractivity contribution < 1.29 is 18.8 Å². The van der Waals surface area contributed by atoms with E-state index >= 15 is 0 Å². The zero-order valence-corrected chi connectivity index (χ0v) is 14.0. The summed E-state index contributed by atoms with van der Waals surface area (Å²) >= 11 is 0. The van der Waals surface area contributed by atoms with Crippen LogP contribution in [-0.4, -0.2) is 28.6 Å². The predicted molar refractivity (Wildman–Crippen MR) is 86.3 cm³/mol. The molecule has 0 fully saturated rings. The van der Waals surface area contributed by atoms with Gasteiger partial charge in [0.25, 0.3) is 5.89 Å². The van der Waals surface area contributed by atoms with Crippen LogP contribution in [0.25, 0.3) is 0 Å². The van der Waals surface area contributed by atoms with Crippen LogP contribution in [0.2, 0.25) is 0 Å². The van der Waals surface area contributed by atoms with Crippen molar-refractivity contribution >= 4 is 11.9 Å². The maximum atomic E-state index is 12.0. The van der Waals surface area contributed by atoms with Gasteiger partial charge in [0.1, 0.15) is 0 Å². The van der Waals surface area contributed by atoms with Gasteiger partial charge in [0, 0.05) is 19.4 Å². The number of esters is 1. The summed E-state index contributed by atoms with van der Waals surface area (Å²) in [5.41, 5.74) is 1.47. The van der Waals surface area contributed by atoms with Gasteiger partial charge in [0.15, 0.2) is 12.4 Å². The van der Waals surface area contributed by atoms with Gasteiger partial charge in [-0.15, -0.1) is 0 Å². The fourth-order valence-electron chi connectivity index (χ4n) is 1.96. The molecule has 1 aromatic heterocycles. The molecule has 0 atom stereocenters. The molecule has 0 aliphatic rings. The first-order valence-corrected chi connectivity index (χ1v) is 7.78. The fourth-order valence-corrected chi connectivity index (χ4v) is 1.96. The van der Waals surface area contributed by atoms with Gasteiger partial charge in [0.2, 0.25) is 5.91 Å². The number of nitrogens with zero attached hydrogens (tertiary/aromatic N) is 2. The Hall–Kier alpha value is -2.70. The summed E-state index contributed by atoms with van der Waals surface area (Å²) < 4.78 is 10.2. The maximum Gasteiger partial charge on any atom is 0.338 e. The van der Waals surface area contributed by atoms with Gasteiger partial charge in [-0.1, -0.05) is 31.1 Å². The molecule has 0 aliphatic carbocycles. The minimum Gasteiger partial charge on any atom is -0.452 e. The van der Waals surface area contributed by atoms with Gasteiger partial charge >= 0.3 is 5.97 Å². The quantitative estimate of drug-likeness (QED) is 0.782. The molecule has 24 heavy (non-hydrogen) atoms. The Bertz CT molecular complexity index is 692. The molecule has 1 aromatic carbocycles. The molecule has 1 heterocycles. The summed E-state index contributed by atoms with van der Waals surface area (Å²) in [6.45, 7) is 5.90. The number of hydrogen-bond acceptors (Lipinski definition) is 6. The highest BCUT2D eigenvalue weighted by molar-refractivity contribution is 5.89. The lowest BCUT2D eigenvalue weighted by atomic mass is 10.1. The second-order valence-corrected chi connectivity index (χ2v) is 5.71. The zero-order valence-electron chi connectivity index (χ0n) is 14.0. The summed E-state index contributed by atoms with van der Waals surface area (Å²) in [7, 11) is 0. The van der Waals surface area contributed by atoms with Crippen LogP contribution < -0.4 is 5.32 Å². The van der Waals surface area contributed by atoms with Crippen molar-refractivity contribution in [2.24, 2.45) is 0 Å². The number of nitrogens with one attached hydrogen (secondary N) is 1. The number of amides is 1. The topological polar surface area (TPSA) is 94.3 Å². The van der Waals surface area contributed by atoms with Crippen LogP contribution in [-0.2, 0) is 22.6 Å². The third-order valence-electron chi connectivity index (χ3n) is 3.30. The van der Waals surface area contributed by atoms with Crippen LogP contribution in [0.5, 0.6) is 0 Å². The van der Waals surface area contributed by atoms with E-state index in [9.17, 15) is 9.59 Å². The van der Waals surface area contributed by atoms with E-state index in [-0.39, 0.29) is 24.3 Å². The molecule has 7 heteroatoms. The van der Waals surface area contributed by atoms with Crippen molar-refractivity contribution in [1.29, 1.82) is 0 Å². The summed E-state index contributed by atoms with van der Waals surface area (Å²) in [4.78, 5) is 27.0. The molecule has 1 N–H and O–H groups in total. The van der Waals surface area contributed by atoms with Gasteiger partial charge in [-0.3, -0.25) is 4.79 Å². The first-order chi connectivity index (χ1) is 11.5. The van der Waals surface area contributed by atoms with E-state index in [0.717, 1.165) is 5.56 Å². The van der Waals surface area contributed by atoms with Gasteiger partial charge in [-0.05, 0) is 24.1 Å². The molecule has 0 radical (unpaired) electrons. The average molecular weight is 331 g/mol. The van der Waals surface area contributed by atoms with Crippen LogP contribution >= 0.6 is 0 Å². The Morgan fingerprint density at radius 3 is 2.54 bits per heavy atom. The summed E-state index contributed by atoms with van der Waals surface area (Å²) in [6.07, 6.45) is 0.703. The Kier molecular flexibility index (Phi) is 6.06. The minimum absolute atomic E-state index is 0.0527. The van der Waals surface area contributed by atoms with Gasteiger partial charge in [-0.25, -0.2) is 4.79 Å². The van der Waals surface area contributed by atoms with Crippen LogP contribution in [0.15, 0.2) is 28.8 Å². The van der Waals surface area contributed by atoms with Crippen molar-refractivity contribution in [3.63, 3.8) is 0 Å². The number of carbonyl (C=O) groups is 2. The highest BCUT2D eigenvalue weighted by Crippen LogP contribution is 2.11. The van der Waals surface area contributed by atoms with Crippen molar-refractivity contribution in [3.8, 4) is 0 Å². The van der Waals surface area contributed by atoms with Crippen molar-refractivity contribution in [1.82, 2.24) is 15.5 Å². The molecule has 0 aliphatic heterocycles. The van der Waals surface area contributed by atoms with Gasteiger partial charge < -0.3 is 14.6 Å². The summed E-state index contributed by atoms with van der Waals surface area (Å²) in [5, 5.41) is 6.54. The number of carbonyl (C=O) groups excluding carboxylic acids is 2. The fraction of sp³-hybridized carbons (Fsp3) is 0.412. The molecule has 1 amide bonds. The standard InChI is InChI=1S/C17H21N3O4/c1-11(2)16-19-15(24-20-16)10-23-17(22)14-6-4-13(5-7-14)8-9-18-12(3)21/h4-7,11H,8-10H2,1-3H3,(H,18,21). The van der Waals surface area contributed by atoms with E-state index in [4.69, 9.17) is 9.26 Å².